The van der Waals surface area contributed by atoms with E-state index in [4.69, 9.17) is 18.9 Å². The van der Waals surface area contributed by atoms with Crippen molar-refractivity contribution >= 4 is 17.9 Å². The summed E-state index contributed by atoms with van der Waals surface area (Å²) in [6.07, 6.45) is 0.115. The third kappa shape index (κ3) is 7.24. The number of benzene rings is 1. The van der Waals surface area contributed by atoms with Gasteiger partial charge in [-0.25, -0.2) is 0 Å². The Morgan fingerprint density at radius 1 is 0.920 bits per heavy atom. The van der Waals surface area contributed by atoms with Crippen LogP contribution < -0.4 is 4.74 Å². The van der Waals surface area contributed by atoms with Crippen LogP contribution in [0.3, 0.4) is 0 Å². The van der Waals surface area contributed by atoms with E-state index in [0.29, 0.717) is 17.9 Å². The normalized spacial score (nSPS) is 10.2. The first-order chi connectivity index (χ1) is 12.0. The van der Waals surface area contributed by atoms with Gasteiger partial charge in [0.2, 0.25) is 0 Å². The molecule has 0 aromatic heterocycles. The number of esters is 3. The number of ether oxygens (including phenoxy) is 4. The number of carbonyl (C=O) groups is 3. The maximum atomic E-state index is 11.9. The summed E-state index contributed by atoms with van der Waals surface area (Å²) in [5.74, 6) is -2.45. The third-order valence-electron chi connectivity index (χ3n) is 3.11. The summed E-state index contributed by atoms with van der Waals surface area (Å²) in [5.41, 5.74) is 0.708. The zero-order chi connectivity index (χ0) is 18.7. The van der Waals surface area contributed by atoms with Gasteiger partial charge in [-0.2, -0.15) is 0 Å². The maximum absolute atomic E-state index is 11.9. The molecule has 0 bridgehead atoms. The monoisotopic (exact) mass is 352 g/mol. The van der Waals surface area contributed by atoms with E-state index in [-0.39, 0.29) is 32.2 Å². The second kappa shape index (κ2) is 11.1. The first-order valence-corrected chi connectivity index (χ1v) is 8.22. The topological polar surface area (TPSA) is 88.1 Å². The smallest absolute Gasteiger partial charge is 0.323 e. The van der Waals surface area contributed by atoms with Crippen LogP contribution in [0.15, 0.2) is 24.3 Å². The number of carbonyl (C=O) groups excluding carboxylic acids is 3. The molecule has 0 fully saturated rings. The van der Waals surface area contributed by atoms with Crippen molar-refractivity contribution in [2.45, 2.75) is 27.2 Å². The molecule has 0 unspecified atom stereocenters. The van der Waals surface area contributed by atoms with Gasteiger partial charge < -0.3 is 18.9 Å². The zero-order valence-electron chi connectivity index (χ0n) is 14.8. The van der Waals surface area contributed by atoms with E-state index < -0.39 is 17.9 Å². The van der Waals surface area contributed by atoms with E-state index in [2.05, 4.69) is 0 Å². The van der Waals surface area contributed by atoms with Crippen molar-refractivity contribution in [3.05, 3.63) is 29.8 Å². The van der Waals surface area contributed by atoms with E-state index in [1.807, 2.05) is 0 Å². The highest BCUT2D eigenvalue weighted by Gasteiger charge is 2.30. The zero-order valence-corrected chi connectivity index (χ0v) is 14.8. The summed E-state index contributed by atoms with van der Waals surface area (Å²) in [6, 6.07) is 6.80. The fourth-order valence-electron chi connectivity index (χ4n) is 2.02. The largest absolute Gasteiger partial charge is 0.492 e. The van der Waals surface area contributed by atoms with E-state index in [9.17, 15) is 14.4 Å². The molecule has 0 radical (unpaired) electrons. The summed E-state index contributed by atoms with van der Waals surface area (Å²) in [7, 11) is 0. The predicted octanol–water partition coefficient (Wildman–Crippen LogP) is 1.91. The highest BCUT2D eigenvalue weighted by molar-refractivity contribution is 5.95. The Hall–Kier alpha value is -2.57. The van der Waals surface area contributed by atoms with Crippen LogP contribution in [0.25, 0.3) is 0 Å². The molecule has 25 heavy (non-hydrogen) atoms. The van der Waals surface area contributed by atoms with Crippen molar-refractivity contribution in [1.82, 2.24) is 0 Å². The van der Waals surface area contributed by atoms with Gasteiger partial charge in [-0.15, -0.1) is 0 Å². The second-order valence-corrected chi connectivity index (χ2v) is 5.00. The van der Waals surface area contributed by atoms with Crippen LogP contribution in [0.1, 0.15) is 26.3 Å². The van der Waals surface area contributed by atoms with Crippen molar-refractivity contribution in [3.63, 3.8) is 0 Å². The Balaban J connectivity index is 2.73. The van der Waals surface area contributed by atoms with Crippen molar-refractivity contribution in [2.75, 3.05) is 26.4 Å². The van der Waals surface area contributed by atoms with Gasteiger partial charge in [0.15, 0.2) is 5.92 Å². The first kappa shape index (κ1) is 20.5. The van der Waals surface area contributed by atoms with Gasteiger partial charge in [-0.05, 0) is 38.5 Å². The van der Waals surface area contributed by atoms with E-state index >= 15 is 0 Å². The molecular weight excluding hydrogens is 328 g/mol. The lowest BCUT2D eigenvalue weighted by atomic mass is 10.1. The molecule has 1 rings (SSSR count). The molecule has 0 heterocycles. The summed E-state index contributed by atoms with van der Waals surface area (Å²) in [4.78, 5) is 35.3. The molecule has 138 valence electrons. The van der Waals surface area contributed by atoms with Crippen LogP contribution in [0.4, 0.5) is 0 Å². The van der Waals surface area contributed by atoms with E-state index in [1.54, 1.807) is 45.0 Å². The van der Waals surface area contributed by atoms with Gasteiger partial charge in [0.25, 0.3) is 0 Å². The minimum Gasteiger partial charge on any atom is -0.492 e. The summed E-state index contributed by atoms with van der Waals surface area (Å²) < 4.78 is 20.2. The van der Waals surface area contributed by atoms with Crippen molar-refractivity contribution in [1.29, 1.82) is 0 Å². The fraction of sp³-hybridized carbons (Fsp3) is 0.500. The molecule has 0 aliphatic rings. The first-order valence-electron chi connectivity index (χ1n) is 8.22. The van der Waals surface area contributed by atoms with Crippen molar-refractivity contribution in [3.8, 4) is 5.75 Å². The minimum atomic E-state index is -1.16. The van der Waals surface area contributed by atoms with Crippen molar-refractivity contribution in [2.24, 2.45) is 5.92 Å². The Morgan fingerprint density at radius 3 is 2.08 bits per heavy atom. The third-order valence-corrected chi connectivity index (χ3v) is 3.11. The minimum absolute atomic E-state index is 0.115. The maximum Gasteiger partial charge on any atom is 0.323 e. The molecule has 7 heteroatoms. The SMILES string of the molecule is CCOC(=O)Cc1cccc(OCC(C(=O)OCC)C(=O)OCC)c1. The van der Waals surface area contributed by atoms with E-state index in [1.165, 1.54) is 0 Å². The van der Waals surface area contributed by atoms with Gasteiger partial charge in [-0.1, -0.05) is 12.1 Å². The van der Waals surface area contributed by atoms with Crippen LogP contribution in [0, 0.1) is 5.92 Å². The highest BCUT2D eigenvalue weighted by Crippen LogP contribution is 2.16. The highest BCUT2D eigenvalue weighted by atomic mass is 16.6. The average Bonchev–Trinajstić information content (AvgIpc) is 2.56. The quantitative estimate of drug-likeness (QED) is 0.361. The van der Waals surface area contributed by atoms with Crippen molar-refractivity contribution < 1.29 is 33.3 Å². The molecule has 0 aliphatic carbocycles. The molecule has 0 amide bonds. The molecule has 7 nitrogen and oxygen atoms in total. The summed E-state index contributed by atoms with van der Waals surface area (Å²) in [6.45, 7) is 5.46. The molecule has 0 atom stereocenters. The average molecular weight is 352 g/mol. The standard InChI is InChI=1S/C18H24O7/c1-4-22-16(19)11-13-8-7-9-14(10-13)25-12-15(17(20)23-5-2)18(21)24-6-3/h7-10,15H,4-6,11-12H2,1-3H3. The lowest BCUT2D eigenvalue weighted by Crippen LogP contribution is -2.33. The summed E-state index contributed by atoms with van der Waals surface area (Å²) >= 11 is 0. The predicted molar refractivity (Wildman–Crippen MR) is 89.0 cm³/mol. The Bertz CT molecular complexity index is 565. The molecule has 1 aromatic rings. The molecule has 0 saturated heterocycles. The lowest BCUT2D eigenvalue weighted by molar-refractivity contribution is -0.163. The molecule has 0 N–H and O–H groups in total. The second-order valence-electron chi connectivity index (χ2n) is 5.00. The Morgan fingerprint density at radius 2 is 1.52 bits per heavy atom. The van der Waals surface area contributed by atoms with Crippen LogP contribution in [-0.2, 0) is 35.0 Å². The molecule has 0 aliphatic heterocycles. The van der Waals surface area contributed by atoms with Crippen LogP contribution in [0.5, 0.6) is 5.75 Å². The number of hydrogen-bond acceptors (Lipinski definition) is 7. The molecule has 0 spiro atoms. The molecular formula is C18H24O7. The van der Waals surface area contributed by atoms with Gasteiger partial charge in [-0.3, -0.25) is 14.4 Å². The van der Waals surface area contributed by atoms with Crippen LogP contribution in [-0.4, -0.2) is 44.3 Å². The van der Waals surface area contributed by atoms with Gasteiger partial charge in [0, 0.05) is 0 Å². The fourth-order valence-corrected chi connectivity index (χ4v) is 2.02. The lowest BCUT2D eigenvalue weighted by Gasteiger charge is -2.15. The van der Waals surface area contributed by atoms with Gasteiger partial charge in [0.1, 0.15) is 12.4 Å². The van der Waals surface area contributed by atoms with E-state index in [0.717, 1.165) is 0 Å². The molecule has 1 aromatic carbocycles. The van der Waals surface area contributed by atoms with Gasteiger partial charge in [0.05, 0.1) is 26.2 Å². The van der Waals surface area contributed by atoms with Crippen LogP contribution in [0.2, 0.25) is 0 Å². The number of rotatable bonds is 10. The molecule has 0 saturated carbocycles. The Kier molecular flexibility index (Phi) is 9.06. The van der Waals surface area contributed by atoms with Crippen LogP contribution >= 0.6 is 0 Å². The number of hydrogen-bond donors (Lipinski definition) is 0. The van der Waals surface area contributed by atoms with Gasteiger partial charge >= 0.3 is 17.9 Å². The summed E-state index contributed by atoms with van der Waals surface area (Å²) in [5, 5.41) is 0. The Labute approximate surface area is 147 Å².